The van der Waals surface area contributed by atoms with Crippen molar-refractivity contribution in [2.24, 2.45) is 11.8 Å². The van der Waals surface area contributed by atoms with Crippen LogP contribution in [0.25, 0.3) is 11.1 Å². The molecule has 0 aliphatic heterocycles. The van der Waals surface area contributed by atoms with Crippen LogP contribution >= 0.6 is 0 Å². The van der Waals surface area contributed by atoms with Crippen LogP contribution in [0.5, 0.6) is 0 Å². The first-order valence-corrected chi connectivity index (χ1v) is 12.6. The van der Waals surface area contributed by atoms with Crippen molar-refractivity contribution >= 4 is 18.0 Å². The van der Waals surface area contributed by atoms with E-state index in [0.29, 0.717) is 25.3 Å². The first kappa shape index (κ1) is 23.4. The van der Waals surface area contributed by atoms with E-state index in [4.69, 9.17) is 4.74 Å². The summed E-state index contributed by atoms with van der Waals surface area (Å²) >= 11 is 0. The van der Waals surface area contributed by atoms with Crippen molar-refractivity contribution in [3.63, 3.8) is 0 Å². The minimum atomic E-state index is -1.00. The molecule has 0 bridgehead atoms. The summed E-state index contributed by atoms with van der Waals surface area (Å²) < 4.78 is 5.70. The lowest BCUT2D eigenvalue weighted by Gasteiger charge is -2.34. The topological polar surface area (TPSA) is 95.9 Å². The van der Waals surface area contributed by atoms with Gasteiger partial charge in [-0.2, -0.15) is 0 Å². The molecule has 2 atom stereocenters. The molecule has 2 saturated carbocycles. The van der Waals surface area contributed by atoms with Crippen LogP contribution in [0.1, 0.15) is 55.6 Å². The van der Waals surface area contributed by atoms with Crippen LogP contribution in [0.15, 0.2) is 48.5 Å². The highest BCUT2D eigenvalue weighted by Crippen LogP contribution is 2.44. The summed E-state index contributed by atoms with van der Waals surface area (Å²) in [5, 5.41) is 12.2. The molecule has 5 rings (SSSR count). The van der Waals surface area contributed by atoms with E-state index in [1.807, 2.05) is 24.3 Å². The van der Waals surface area contributed by atoms with Gasteiger partial charge in [0.2, 0.25) is 5.91 Å². The molecule has 2 N–H and O–H groups in total. The van der Waals surface area contributed by atoms with Gasteiger partial charge in [0.15, 0.2) is 0 Å². The molecule has 2 aromatic carbocycles. The molecule has 2 amide bonds. The lowest BCUT2D eigenvalue weighted by molar-refractivity contribution is -0.147. The number of carbonyl (C=O) groups is 3. The van der Waals surface area contributed by atoms with E-state index in [-0.39, 0.29) is 31.0 Å². The predicted molar refractivity (Wildman–Crippen MR) is 131 cm³/mol. The number of alkyl carbamates (subject to hydrolysis) is 1. The molecule has 2 fully saturated rings. The number of hydrogen-bond acceptors (Lipinski definition) is 4. The van der Waals surface area contributed by atoms with Crippen molar-refractivity contribution in [3.8, 4) is 11.1 Å². The maximum absolute atomic E-state index is 13.3. The lowest BCUT2D eigenvalue weighted by atomic mass is 9.83. The Kier molecular flexibility index (Phi) is 6.75. The molecular weight excluding hydrogens is 444 g/mol. The largest absolute Gasteiger partial charge is 0.480 e. The van der Waals surface area contributed by atoms with Gasteiger partial charge < -0.3 is 20.1 Å². The molecule has 35 heavy (non-hydrogen) atoms. The third-order valence-corrected chi connectivity index (χ3v) is 7.54. The van der Waals surface area contributed by atoms with Crippen LogP contribution < -0.4 is 5.32 Å². The zero-order valence-corrected chi connectivity index (χ0v) is 19.8. The van der Waals surface area contributed by atoms with Crippen LogP contribution in [0, 0.1) is 11.8 Å². The van der Waals surface area contributed by atoms with Crippen molar-refractivity contribution < 1.29 is 24.2 Å². The number of ether oxygens (including phenoxy) is 1. The highest BCUT2D eigenvalue weighted by molar-refractivity contribution is 5.84. The van der Waals surface area contributed by atoms with Crippen LogP contribution in [0.2, 0.25) is 0 Å². The normalized spacial score (nSPS) is 21.0. The highest BCUT2D eigenvalue weighted by Gasteiger charge is 2.38. The van der Waals surface area contributed by atoms with Gasteiger partial charge >= 0.3 is 12.1 Å². The fourth-order valence-corrected chi connectivity index (χ4v) is 5.63. The standard InChI is InChI=1S/C28H32N2O5/c31-26(32)16-30(15-18-13-14-18)27(33)23-11-5-6-12-25(23)29-28(34)35-17-24-21-9-3-1-7-19(21)20-8-2-4-10-22(20)24/h1-4,7-10,18,23-25H,5-6,11-17H2,(H,29,34)(H,31,32). The summed E-state index contributed by atoms with van der Waals surface area (Å²) in [5.74, 6) is -1.21. The summed E-state index contributed by atoms with van der Waals surface area (Å²) in [5.41, 5.74) is 4.64. The van der Waals surface area contributed by atoms with Crippen molar-refractivity contribution in [1.82, 2.24) is 10.2 Å². The zero-order valence-electron chi connectivity index (χ0n) is 19.8. The monoisotopic (exact) mass is 476 g/mol. The van der Waals surface area contributed by atoms with Gasteiger partial charge in [0.05, 0.1) is 5.92 Å². The summed E-state index contributed by atoms with van der Waals surface area (Å²) in [7, 11) is 0. The number of nitrogens with zero attached hydrogens (tertiary/aromatic N) is 1. The fourth-order valence-electron chi connectivity index (χ4n) is 5.63. The van der Waals surface area contributed by atoms with Crippen molar-refractivity contribution in [1.29, 1.82) is 0 Å². The van der Waals surface area contributed by atoms with Gasteiger partial charge in [-0.15, -0.1) is 0 Å². The van der Waals surface area contributed by atoms with E-state index in [2.05, 4.69) is 29.6 Å². The summed E-state index contributed by atoms with van der Waals surface area (Å²) in [6.07, 6.45) is 4.69. The van der Waals surface area contributed by atoms with Crippen molar-refractivity contribution in [2.75, 3.05) is 19.7 Å². The van der Waals surface area contributed by atoms with Gasteiger partial charge in [-0.1, -0.05) is 61.4 Å². The first-order valence-electron chi connectivity index (χ1n) is 12.6. The van der Waals surface area contributed by atoms with Gasteiger partial charge in [-0.25, -0.2) is 4.79 Å². The SMILES string of the molecule is O=C(O)CN(CC1CC1)C(=O)C1CCCCC1NC(=O)OCC1c2ccccc2-c2ccccc21. The maximum Gasteiger partial charge on any atom is 0.407 e. The van der Waals surface area contributed by atoms with E-state index in [1.54, 1.807) is 0 Å². The average molecular weight is 477 g/mol. The van der Waals surface area contributed by atoms with Gasteiger partial charge in [-0.05, 0) is 53.9 Å². The minimum absolute atomic E-state index is 0.0264. The number of rotatable bonds is 8. The second-order valence-corrected chi connectivity index (χ2v) is 10.0. The van der Waals surface area contributed by atoms with Crippen LogP contribution in [-0.4, -0.2) is 53.7 Å². The number of carbonyl (C=O) groups excluding carboxylic acids is 2. The van der Waals surface area contributed by atoms with E-state index in [9.17, 15) is 19.5 Å². The van der Waals surface area contributed by atoms with Gasteiger partial charge in [0, 0.05) is 18.5 Å². The fraction of sp³-hybridized carbons (Fsp3) is 0.464. The third kappa shape index (κ3) is 5.19. The van der Waals surface area contributed by atoms with E-state index < -0.39 is 18.0 Å². The summed E-state index contributed by atoms with van der Waals surface area (Å²) in [6, 6.07) is 16.0. The number of carboxylic acids is 1. The van der Waals surface area contributed by atoms with Crippen LogP contribution in [0.4, 0.5) is 4.79 Å². The second kappa shape index (κ2) is 10.1. The number of aliphatic carboxylic acids is 1. The number of hydrogen-bond donors (Lipinski definition) is 2. The molecule has 0 spiro atoms. The molecule has 2 aromatic rings. The summed E-state index contributed by atoms with van der Waals surface area (Å²) in [4.78, 5) is 39.0. The Morgan fingerprint density at radius 1 is 0.914 bits per heavy atom. The molecule has 184 valence electrons. The van der Waals surface area contributed by atoms with E-state index >= 15 is 0 Å². The van der Waals surface area contributed by atoms with Crippen molar-refractivity contribution in [3.05, 3.63) is 59.7 Å². The Morgan fingerprint density at radius 3 is 2.17 bits per heavy atom. The minimum Gasteiger partial charge on any atom is -0.480 e. The summed E-state index contributed by atoms with van der Waals surface area (Å²) in [6.45, 7) is 0.417. The molecule has 0 heterocycles. The van der Waals surface area contributed by atoms with E-state index in [0.717, 1.165) is 36.8 Å². The molecular formula is C28H32N2O5. The number of carboxylic acid groups (broad SMARTS) is 1. The Balaban J connectivity index is 1.23. The van der Waals surface area contributed by atoms with Crippen LogP contribution in [-0.2, 0) is 14.3 Å². The Bertz CT molecular complexity index is 1070. The molecule has 3 aliphatic rings. The molecule has 3 aliphatic carbocycles. The quantitative estimate of drug-likeness (QED) is 0.589. The first-order chi connectivity index (χ1) is 17.0. The third-order valence-electron chi connectivity index (χ3n) is 7.54. The second-order valence-electron chi connectivity index (χ2n) is 10.0. The molecule has 0 aromatic heterocycles. The Hall–Kier alpha value is -3.35. The molecule has 0 saturated heterocycles. The van der Waals surface area contributed by atoms with Gasteiger partial charge in [0.25, 0.3) is 0 Å². The number of fused-ring (bicyclic) bond motifs is 3. The molecule has 0 radical (unpaired) electrons. The van der Waals surface area contributed by atoms with Crippen LogP contribution in [0.3, 0.4) is 0 Å². The predicted octanol–water partition coefficient (Wildman–Crippen LogP) is 4.41. The molecule has 2 unspecified atom stereocenters. The molecule has 7 heteroatoms. The van der Waals surface area contributed by atoms with Gasteiger partial charge in [-0.3, -0.25) is 9.59 Å². The Morgan fingerprint density at radius 2 is 1.54 bits per heavy atom. The molecule has 7 nitrogen and oxygen atoms in total. The average Bonchev–Trinajstić information content (AvgIpc) is 3.62. The van der Waals surface area contributed by atoms with Gasteiger partial charge in [0.1, 0.15) is 13.2 Å². The smallest absolute Gasteiger partial charge is 0.407 e. The maximum atomic E-state index is 13.3. The van der Waals surface area contributed by atoms with Crippen molar-refractivity contribution in [2.45, 2.75) is 50.5 Å². The number of amides is 2. The number of benzene rings is 2. The zero-order chi connectivity index (χ0) is 24.4. The lowest BCUT2D eigenvalue weighted by Crippen LogP contribution is -2.51. The Labute approximate surface area is 205 Å². The van der Waals surface area contributed by atoms with E-state index in [1.165, 1.54) is 16.0 Å². The highest BCUT2D eigenvalue weighted by atomic mass is 16.5. The number of nitrogens with one attached hydrogen (secondary N) is 1.